The van der Waals surface area contributed by atoms with Crippen LogP contribution in [0, 0.1) is 0 Å². The Morgan fingerprint density at radius 3 is 1.51 bits per heavy atom. The average Bonchev–Trinajstić information content (AvgIpc) is 3.10. The van der Waals surface area contributed by atoms with E-state index in [0.29, 0.717) is 12.8 Å². The van der Waals surface area contributed by atoms with Gasteiger partial charge in [-0.2, -0.15) is 0 Å². The highest BCUT2D eigenvalue weighted by Gasteiger charge is 2.19. The fraction of sp³-hybridized carbons (Fsp3) is 0.558. The predicted molar refractivity (Wildman–Crippen MR) is 205 cm³/mol. The van der Waals surface area contributed by atoms with Crippen LogP contribution in [0.2, 0.25) is 0 Å². The predicted octanol–water partition coefficient (Wildman–Crippen LogP) is 11.5. The van der Waals surface area contributed by atoms with Crippen LogP contribution < -0.4 is 0 Å². The normalized spacial score (nSPS) is 13.1. The first-order valence-electron chi connectivity index (χ1n) is 18.8. The lowest BCUT2D eigenvalue weighted by Gasteiger charge is -2.18. The lowest BCUT2D eigenvalue weighted by atomic mass is 10.1. The summed E-state index contributed by atoms with van der Waals surface area (Å²) in [6.45, 7) is 6.14. The van der Waals surface area contributed by atoms with Gasteiger partial charge in [0.05, 0.1) is 6.42 Å². The van der Waals surface area contributed by atoms with Gasteiger partial charge in [-0.3, -0.25) is 14.4 Å². The van der Waals surface area contributed by atoms with E-state index in [1.165, 1.54) is 38.5 Å². The van der Waals surface area contributed by atoms with Crippen molar-refractivity contribution in [3.63, 3.8) is 0 Å². The molecule has 49 heavy (non-hydrogen) atoms. The zero-order valence-corrected chi connectivity index (χ0v) is 30.9. The summed E-state index contributed by atoms with van der Waals surface area (Å²) in [6.07, 6.45) is 47.2. The van der Waals surface area contributed by atoms with Gasteiger partial charge in [-0.05, 0) is 44.9 Å². The van der Waals surface area contributed by atoms with Crippen molar-refractivity contribution in [1.29, 1.82) is 0 Å². The van der Waals surface area contributed by atoms with Gasteiger partial charge in [0, 0.05) is 12.8 Å². The van der Waals surface area contributed by atoms with Gasteiger partial charge in [-0.25, -0.2) is 0 Å². The number of carbonyl (C=O) groups is 3. The summed E-state index contributed by atoms with van der Waals surface area (Å²) in [5.74, 6) is -1.16. The smallest absolute Gasteiger partial charge is 0.310 e. The first-order valence-corrected chi connectivity index (χ1v) is 18.8. The molecule has 274 valence electrons. The van der Waals surface area contributed by atoms with E-state index in [1.807, 2.05) is 66.8 Å². The number of allylic oxidation sites excluding steroid dienone is 15. The largest absolute Gasteiger partial charge is 0.462 e. The molecule has 0 spiro atoms. The van der Waals surface area contributed by atoms with Gasteiger partial charge in [0.25, 0.3) is 0 Å². The van der Waals surface area contributed by atoms with Gasteiger partial charge in [0.1, 0.15) is 13.2 Å². The van der Waals surface area contributed by atoms with Crippen molar-refractivity contribution in [2.45, 2.75) is 142 Å². The summed E-state index contributed by atoms with van der Waals surface area (Å²) in [4.78, 5) is 37.3. The maximum atomic E-state index is 12.5. The molecule has 0 heterocycles. The quantitative estimate of drug-likeness (QED) is 0.0239. The van der Waals surface area contributed by atoms with Crippen molar-refractivity contribution >= 4 is 17.9 Å². The Hall–Kier alpha value is -3.67. The molecule has 0 amide bonds. The lowest BCUT2D eigenvalue weighted by Crippen LogP contribution is -2.30. The zero-order chi connectivity index (χ0) is 35.9. The first-order chi connectivity index (χ1) is 24.0. The molecule has 1 atom stereocenters. The topological polar surface area (TPSA) is 78.9 Å². The average molecular weight is 679 g/mol. The molecule has 0 aromatic rings. The van der Waals surface area contributed by atoms with Crippen LogP contribution in [0.4, 0.5) is 0 Å². The molecule has 6 heteroatoms. The van der Waals surface area contributed by atoms with E-state index in [9.17, 15) is 14.4 Å². The van der Waals surface area contributed by atoms with Crippen LogP contribution >= 0.6 is 0 Å². The van der Waals surface area contributed by atoms with E-state index < -0.39 is 12.1 Å². The third-order valence-electron chi connectivity index (χ3n) is 7.24. The summed E-state index contributed by atoms with van der Waals surface area (Å²) >= 11 is 0. The van der Waals surface area contributed by atoms with E-state index in [0.717, 1.165) is 51.4 Å². The van der Waals surface area contributed by atoms with Crippen LogP contribution in [0.25, 0.3) is 0 Å². The number of unbranched alkanes of at least 4 members (excludes halogenated alkanes) is 9. The summed E-state index contributed by atoms with van der Waals surface area (Å²) in [6, 6.07) is 0. The summed E-state index contributed by atoms with van der Waals surface area (Å²) < 4.78 is 16.4. The van der Waals surface area contributed by atoms with Crippen LogP contribution in [0.5, 0.6) is 0 Å². The summed E-state index contributed by atoms with van der Waals surface area (Å²) in [5, 5.41) is 0. The minimum atomic E-state index is -0.849. The molecular formula is C43H66O6. The number of hydrogen-bond acceptors (Lipinski definition) is 6. The molecule has 0 fully saturated rings. The minimum absolute atomic E-state index is 0.0873. The Kier molecular flexibility index (Phi) is 34.4. The number of ether oxygens (including phenoxy) is 3. The Labute approximate surface area is 298 Å². The second-order valence-corrected chi connectivity index (χ2v) is 11.9. The summed E-state index contributed by atoms with van der Waals surface area (Å²) in [5.41, 5.74) is 0. The molecule has 0 aromatic heterocycles. The highest BCUT2D eigenvalue weighted by Crippen LogP contribution is 2.11. The van der Waals surface area contributed by atoms with E-state index in [4.69, 9.17) is 14.2 Å². The molecule has 0 rings (SSSR count). The highest BCUT2D eigenvalue weighted by atomic mass is 16.6. The van der Waals surface area contributed by atoms with Gasteiger partial charge < -0.3 is 14.2 Å². The zero-order valence-electron chi connectivity index (χ0n) is 30.9. The Balaban J connectivity index is 4.62. The van der Waals surface area contributed by atoms with Crippen LogP contribution in [0.15, 0.2) is 97.2 Å². The van der Waals surface area contributed by atoms with Gasteiger partial charge in [-0.1, -0.05) is 169 Å². The number of esters is 3. The van der Waals surface area contributed by atoms with E-state index in [-0.39, 0.29) is 38.0 Å². The summed E-state index contributed by atoms with van der Waals surface area (Å²) in [7, 11) is 0. The second kappa shape index (κ2) is 37.2. The fourth-order valence-corrected chi connectivity index (χ4v) is 4.47. The van der Waals surface area contributed by atoms with E-state index in [1.54, 1.807) is 6.08 Å². The van der Waals surface area contributed by atoms with E-state index >= 15 is 0 Å². The van der Waals surface area contributed by atoms with Gasteiger partial charge >= 0.3 is 17.9 Å². The van der Waals surface area contributed by atoms with Crippen molar-refractivity contribution in [2.24, 2.45) is 0 Å². The second-order valence-electron chi connectivity index (χ2n) is 11.9. The molecule has 0 aliphatic heterocycles. The Morgan fingerprint density at radius 1 is 0.469 bits per heavy atom. The Morgan fingerprint density at radius 2 is 0.939 bits per heavy atom. The Bertz CT molecular complexity index is 1060. The number of hydrogen-bond donors (Lipinski definition) is 0. The highest BCUT2D eigenvalue weighted by molar-refractivity contribution is 5.72. The van der Waals surface area contributed by atoms with Gasteiger partial charge in [-0.15, -0.1) is 0 Å². The number of rotatable bonds is 31. The van der Waals surface area contributed by atoms with Crippen LogP contribution in [0.3, 0.4) is 0 Å². The fourth-order valence-electron chi connectivity index (χ4n) is 4.47. The molecule has 0 aliphatic rings. The standard InChI is InChI=1S/C43H66O6/c1-4-7-10-13-16-19-20-21-22-25-27-30-33-36-42(45)48-39-40(49-43(46)37-34-31-28-24-18-15-12-9-6-3)38-47-41(44)35-32-29-26-23-17-14-11-8-5-2/h7,9-10,12-13,16,18-22,24-25,27,31,34,40H,4-6,8,11,14-15,17,23,26,28-30,32-33,35-39H2,1-3H3/b10-7-,12-9-,16-13-,20-19-,22-21-,24-18-,27-25-,34-31-. The SMILES string of the molecule is CC\C=C/C=C\C=C/C=C\C=C/CCCC(=O)OCC(COC(=O)CCCCCCCCCCC)OC(=O)C/C=C\C/C=C\C/C=C\CC. The molecule has 0 saturated heterocycles. The molecule has 0 aromatic carbocycles. The molecular weight excluding hydrogens is 612 g/mol. The molecule has 0 N–H and O–H groups in total. The van der Waals surface area contributed by atoms with Crippen LogP contribution in [-0.4, -0.2) is 37.2 Å². The van der Waals surface area contributed by atoms with Crippen molar-refractivity contribution in [3.05, 3.63) is 97.2 Å². The van der Waals surface area contributed by atoms with Gasteiger partial charge in [0.15, 0.2) is 6.10 Å². The minimum Gasteiger partial charge on any atom is -0.462 e. The van der Waals surface area contributed by atoms with Crippen molar-refractivity contribution in [2.75, 3.05) is 13.2 Å². The molecule has 0 radical (unpaired) electrons. The maximum absolute atomic E-state index is 12.5. The maximum Gasteiger partial charge on any atom is 0.310 e. The molecule has 0 saturated carbocycles. The van der Waals surface area contributed by atoms with Crippen LogP contribution in [0.1, 0.15) is 136 Å². The van der Waals surface area contributed by atoms with Crippen molar-refractivity contribution in [3.8, 4) is 0 Å². The van der Waals surface area contributed by atoms with E-state index in [2.05, 4.69) is 45.1 Å². The van der Waals surface area contributed by atoms with Crippen molar-refractivity contribution in [1.82, 2.24) is 0 Å². The lowest BCUT2D eigenvalue weighted by molar-refractivity contribution is -0.166. The van der Waals surface area contributed by atoms with Gasteiger partial charge in [0.2, 0.25) is 0 Å². The monoisotopic (exact) mass is 678 g/mol. The number of carbonyl (C=O) groups excluding carboxylic acids is 3. The molecule has 0 aliphatic carbocycles. The van der Waals surface area contributed by atoms with Crippen molar-refractivity contribution < 1.29 is 28.6 Å². The third-order valence-corrected chi connectivity index (χ3v) is 7.24. The third kappa shape index (κ3) is 35.5. The first kappa shape index (κ1) is 45.3. The molecule has 6 nitrogen and oxygen atoms in total. The van der Waals surface area contributed by atoms with Crippen LogP contribution in [-0.2, 0) is 28.6 Å². The molecule has 0 bridgehead atoms. The molecule has 1 unspecified atom stereocenters.